The molecule has 0 spiro atoms. The maximum Gasteiger partial charge on any atom is 0.251 e. The van der Waals surface area contributed by atoms with Gasteiger partial charge < -0.3 is 15.1 Å². The van der Waals surface area contributed by atoms with Crippen LogP contribution in [0, 0.1) is 5.92 Å². The normalized spacial score (nSPS) is 13.3. The quantitative estimate of drug-likeness (QED) is 0.631. The third kappa shape index (κ3) is 4.54. The second kappa shape index (κ2) is 8.48. The van der Waals surface area contributed by atoms with Gasteiger partial charge in [0.2, 0.25) is 5.91 Å². The van der Waals surface area contributed by atoms with Gasteiger partial charge in [0.05, 0.1) is 6.04 Å². The van der Waals surface area contributed by atoms with Gasteiger partial charge in [-0.3, -0.25) is 9.59 Å². The number of rotatable bonds is 6. The largest absolute Gasteiger partial charge is 0.459 e. The zero-order valence-corrected chi connectivity index (χ0v) is 16.8. The van der Waals surface area contributed by atoms with Crippen LogP contribution in [-0.4, -0.2) is 17.9 Å². The molecule has 0 bridgehead atoms. The number of fused-ring (bicyclic) bond motifs is 1. The van der Waals surface area contributed by atoms with Crippen molar-refractivity contribution in [2.45, 2.75) is 32.9 Å². The molecule has 2 aromatic carbocycles. The summed E-state index contributed by atoms with van der Waals surface area (Å²) in [6.07, 6.45) is 0. The summed E-state index contributed by atoms with van der Waals surface area (Å²) < 4.78 is 5.82. The van der Waals surface area contributed by atoms with Crippen molar-refractivity contribution in [1.82, 2.24) is 10.6 Å². The molecule has 28 heavy (non-hydrogen) atoms. The molecule has 6 heteroatoms. The first kappa shape index (κ1) is 20.0. The molecule has 146 valence electrons. The molecule has 0 unspecified atom stereocenters. The van der Waals surface area contributed by atoms with Crippen LogP contribution in [-0.2, 0) is 4.79 Å². The van der Waals surface area contributed by atoms with Crippen LogP contribution in [0.2, 0.25) is 5.02 Å². The van der Waals surface area contributed by atoms with E-state index in [1.807, 2.05) is 51.1 Å². The number of benzene rings is 2. The van der Waals surface area contributed by atoms with Crippen molar-refractivity contribution >= 4 is 34.4 Å². The fourth-order valence-corrected chi connectivity index (χ4v) is 3.08. The number of amides is 2. The molecule has 0 fully saturated rings. The smallest absolute Gasteiger partial charge is 0.251 e. The lowest BCUT2D eigenvalue weighted by atomic mass is 10.0. The molecule has 2 N–H and O–H groups in total. The Labute approximate surface area is 169 Å². The van der Waals surface area contributed by atoms with Gasteiger partial charge in [-0.1, -0.05) is 43.6 Å². The van der Waals surface area contributed by atoms with E-state index in [0.29, 0.717) is 16.3 Å². The van der Waals surface area contributed by atoms with Crippen molar-refractivity contribution in [2.75, 3.05) is 0 Å². The van der Waals surface area contributed by atoms with E-state index in [4.69, 9.17) is 16.0 Å². The van der Waals surface area contributed by atoms with E-state index in [-0.39, 0.29) is 23.8 Å². The Balaban J connectivity index is 1.69. The molecule has 0 aliphatic heterocycles. The van der Waals surface area contributed by atoms with E-state index >= 15 is 0 Å². The average Bonchev–Trinajstić information content (AvgIpc) is 3.10. The number of hydrogen-bond acceptors (Lipinski definition) is 3. The third-order valence-electron chi connectivity index (χ3n) is 4.57. The van der Waals surface area contributed by atoms with E-state index in [9.17, 15) is 9.59 Å². The summed E-state index contributed by atoms with van der Waals surface area (Å²) in [5.41, 5.74) is 1.23. The zero-order valence-electron chi connectivity index (χ0n) is 16.0. The van der Waals surface area contributed by atoms with E-state index in [0.717, 1.165) is 11.0 Å². The van der Waals surface area contributed by atoms with E-state index in [2.05, 4.69) is 10.6 Å². The Kier molecular flexibility index (Phi) is 6.05. The maximum absolute atomic E-state index is 12.8. The standard InChI is InChI=1S/C22H23ClN2O3/c1-13(2)20(25-21(26)15-8-10-17(23)11-9-15)22(27)24-14(3)19-12-16-6-4-5-7-18(16)28-19/h4-14,20H,1-3H3,(H,24,27)(H,25,26)/t14-,20-/m0/s1. The van der Waals surface area contributed by atoms with Crippen LogP contribution < -0.4 is 10.6 Å². The van der Waals surface area contributed by atoms with Gasteiger partial charge in [0, 0.05) is 16.0 Å². The van der Waals surface area contributed by atoms with Gasteiger partial charge in [-0.2, -0.15) is 0 Å². The van der Waals surface area contributed by atoms with Crippen LogP contribution in [0.4, 0.5) is 0 Å². The summed E-state index contributed by atoms with van der Waals surface area (Å²) in [7, 11) is 0. The summed E-state index contributed by atoms with van der Waals surface area (Å²) in [6, 6.07) is 15.1. The monoisotopic (exact) mass is 398 g/mol. The number of carbonyl (C=O) groups is 2. The van der Waals surface area contributed by atoms with Crippen molar-refractivity contribution in [3.05, 3.63) is 70.9 Å². The van der Waals surface area contributed by atoms with Gasteiger partial charge in [0.15, 0.2) is 0 Å². The molecule has 0 radical (unpaired) electrons. The topological polar surface area (TPSA) is 71.3 Å². The number of nitrogens with one attached hydrogen (secondary N) is 2. The Morgan fingerprint density at radius 1 is 0.964 bits per heavy atom. The molecule has 0 saturated heterocycles. The molecule has 1 heterocycles. The molecule has 0 aliphatic rings. The Hall–Kier alpha value is -2.79. The van der Waals surface area contributed by atoms with Crippen molar-refractivity contribution in [3.63, 3.8) is 0 Å². The highest BCUT2D eigenvalue weighted by molar-refractivity contribution is 6.30. The third-order valence-corrected chi connectivity index (χ3v) is 4.82. The Bertz CT molecular complexity index is 946. The van der Waals surface area contributed by atoms with Crippen molar-refractivity contribution in [3.8, 4) is 0 Å². The fourth-order valence-electron chi connectivity index (χ4n) is 2.95. The van der Waals surface area contributed by atoms with Gasteiger partial charge >= 0.3 is 0 Å². The number of halogens is 1. The highest BCUT2D eigenvalue weighted by atomic mass is 35.5. The van der Waals surface area contributed by atoms with Gasteiger partial charge in [-0.25, -0.2) is 0 Å². The molecule has 3 rings (SSSR count). The highest BCUT2D eigenvalue weighted by Gasteiger charge is 2.26. The predicted octanol–water partition coefficient (Wildman–Crippen LogP) is 4.72. The van der Waals surface area contributed by atoms with Crippen molar-refractivity contribution < 1.29 is 14.0 Å². The van der Waals surface area contributed by atoms with Crippen molar-refractivity contribution in [2.24, 2.45) is 5.92 Å². The first-order valence-corrected chi connectivity index (χ1v) is 9.58. The van der Waals surface area contributed by atoms with Crippen LogP contribution in [0.15, 0.2) is 59.0 Å². The summed E-state index contributed by atoms with van der Waals surface area (Å²) >= 11 is 5.86. The molecule has 0 saturated carbocycles. The predicted molar refractivity (Wildman–Crippen MR) is 110 cm³/mol. The SMILES string of the molecule is CC(C)[C@H](NC(=O)c1ccc(Cl)cc1)C(=O)N[C@@H](C)c1cc2ccccc2o1. The number of carbonyl (C=O) groups excluding carboxylic acids is 2. The van der Waals surface area contributed by atoms with E-state index in [1.54, 1.807) is 24.3 Å². The van der Waals surface area contributed by atoms with Crippen LogP contribution >= 0.6 is 11.6 Å². The van der Waals surface area contributed by atoms with Gasteiger partial charge in [0.1, 0.15) is 17.4 Å². The second-order valence-corrected chi connectivity index (χ2v) is 7.56. The zero-order chi connectivity index (χ0) is 20.3. The first-order valence-electron chi connectivity index (χ1n) is 9.20. The lowest BCUT2D eigenvalue weighted by molar-refractivity contribution is -0.124. The Morgan fingerprint density at radius 3 is 2.29 bits per heavy atom. The van der Waals surface area contributed by atoms with E-state index < -0.39 is 6.04 Å². The second-order valence-electron chi connectivity index (χ2n) is 7.12. The summed E-state index contributed by atoms with van der Waals surface area (Å²) in [5, 5.41) is 7.28. The molecule has 2 atom stereocenters. The molecule has 2 amide bonds. The number of hydrogen-bond donors (Lipinski definition) is 2. The van der Waals surface area contributed by atoms with Gasteiger partial charge in [-0.15, -0.1) is 0 Å². The van der Waals surface area contributed by atoms with Crippen molar-refractivity contribution in [1.29, 1.82) is 0 Å². The molecule has 0 aliphatic carbocycles. The number of furan rings is 1. The first-order chi connectivity index (χ1) is 13.3. The lowest BCUT2D eigenvalue weighted by Gasteiger charge is -2.23. The van der Waals surface area contributed by atoms with Crippen LogP contribution in [0.25, 0.3) is 11.0 Å². The summed E-state index contributed by atoms with van der Waals surface area (Å²) in [6.45, 7) is 5.63. The molecule has 5 nitrogen and oxygen atoms in total. The van der Waals surface area contributed by atoms with Gasteiger partial charge in [0.25, 0.3) is 5.91 Å². The maximum atomic E-state index is 12.8. The van der Waals surface area contributed by atoms with Crippen LogP contribution in [0.5, 0.6) is 0 Å². The minimum atomic E-state index is -0.671. The number of para-hydroxylation sites is 1. The fraction of sp³-hybridized carbons (Fsp3) is 0.273. The van der Waals surface area contributed by atoms with Gasteiger partial charge in [-0.05, 0) is 49.2 Å². The minimum Gasteiger partial charge on any atom is -0.459 e. The van der Waals surface area contributed by atoms with Crippen LogP contribution in [0.1, 0.15) is 42.9 Å². The molecule has 1 aromatic heterocycles. The molecule has 3 aromatic rings. The highest BCUT2D eigenvalue weighted by Crippen LogP contribution is 2.23. The molecular weight excluding hydrogens is 376 g/mol. The minimum absolute atomic E-state index is 0.0841. The average molecular weight is 399 g/mol. The summed E-state index contributed by atoms with van der Waals surface area (Å²) in [4.78, 5) is 25.3. The van der Waals surface area contributed by atoms with E-state index in [1.165, 1.54) is 0 Å². The lowest BCUT2D eigenvalue weighted by Crippen LogP contribution is -2.50. The Morgan fingerprint density at radius 2 is 1.64 bits per heavy atom. The van der Waals surface area contributed by atoms with Crippen LogP contribution in [0.3, 0.4) is 0 Å². The molecular formula is C22H23ClN2O3. The summed E-state index contributed by atoms with van der Waals surface area (Å²) in [5.74, 6) is 0.00684.